The zero-order chi connectivity index (χ0) is 17.2. The quantitative estimate of drug-likeness (QED) is 0.798. The smallest absolute Gasteiger partial charge is 0.243 e. The van der Waals surface area contributed by atoms with Crippen LogP contribution in [0.1, 0.15) is 30.3 Å². The van der Waals surface area contributed by atoms with E-state index in [1.165, 1.54) is 10.4 Å². The van der Waals surface area contributed by atoms with E-state index in [4.69, 9.17) is 11.6 Å². The predicted octanol–water partition coefficient (Wildman–Crippen LogP) is 3.38. The van der Waals surface area contributed by atoms with Crippen molar-refractivity contribution in [3.8, 4) is 0 Å². The van der Waals surface area contributed by atoms with Crippen LogP contribution < -0.4 is 0 Å². The van der Waals surface area contributed by atoms with Gasteiger partial charge in [-0.2, -0.15) is 9.40 Å². The minimum atomic E-state index is -3.58. The van der Waals surface area contributed by atoms with Gasteiger partial charge in [0.1, 0.15) is 0 Å². The van der Waals surface area contributed by atoms with Crippen LogP contribution in [-0.4, -0.2) is 29.6 Å². The lowest BCUT2D eigenvalue weighted by Gasteiger charge is -2.17. The Balaban J connectivity index is 2.30. The lowest BCUT2D eigenvalue weighted by Crippen LogP contribution is -2.27. The first-order chi connectivity index (χ1) is 10.8. The Labute approximate surface area is 142 Å². The molecule has 0 aliphatic rings. The summed E-state index contributed by atoms with van der Waals surface area (Å²) in [5.74, 6) is 0. The lowest BCUT2D eigenvalue weighted by atomic mass is 10.2. The minimum Gasteiger partial charge on any atom is -0.269 e. The molecule has 0 amide bonds. The van der Waals surface area contributed by atoms with Gasteiger partial charge >= 0.3 is 0 Å². The van der Waals surface area contributed by atoms with Crippen molar-refractivity contribution >= 4 is 21.6 Å². The van der Waals surface area contributed by atoms with Gasteiger partial charge in [0.2, 0.25) is 10.0 Å². The number of aromatic nitrogens is 2. The fraction of sp³-hybridized carbons (Fsp3) is 0.438. The molecule has 0 aliphatic carbocycles. The number of nitrogens with zero attached hydrogens (tertiary/aromatic N) is 3. The molecule has 23 heavy (non-hydrogen) atoms. The SMILES string of the molecule is CCCn1nc(C)c(CN(C)S(=O)(=O)c2cccc(Cl)c2)c1C. The highest BCUT2D eigenvalue weighted by atomic mass is 35.5. The largest absolute Gasteiger partial charge is 0.269 e. The van der Waals surface area contributed by atoms with Gasteiger partial charge in [0.05, 0.1) is 10.6 Å². The van der Waals surface area contributed by atoms with Gasteiger partial charge < -0.3 is 0 Å². The first-order valence-electron chi connectivity index (χ1n) is 7.52. The summed E-state index contributed by atoms with van der Waals surface area (Å²) >= 11 is 5.91. The van der Waals surface area contributed by atoms with Gasteiger partial charge in [-0.15, -0.1) is 0 Å². The van der Waals surface area contributed by atoms with Crippen LogP contribution in [0, 0.1) is 13.8 Å². The molecule has 1 heterocycles. The molecule has 0 saturated carbocycles. The first-order valence-corrected chi connectivity index (χ1v) is 9.34. The number of rotatable bonds is 6. The molecule has 0 saturated heterocycles. The number of hydrogen-bond donors (Lipinski definition) is 0. The first kappa shape index (κ1) is 18.0. The van der Waals surface area contributed by atoms with E-state index in [1.54, 1.807) is 25.2 Å². The van der Waals surface area contributed by atoms with Gasteiger partial charge in [-0.3, -0.25) is 4.68 Å². The Hall–Kier alpha value is -1.37. The van der Waals surface area contributed by atoms with Crippen LogP contribution in [0.3, 0.4) is 0 Å². The maximum atomic E-state index is 12.7. The molecule has 0 bridgehead atoms. The van der Waals surface area contributed by atoms with E-state index in [2.05, 4.69) is 12.0 Å². The zero-order valence-corrected chi connectivity index (χ0v) is 15.4. The van der Waals surface area contributed by atoms with Gasteiger partial charge in [-0.05, 0) is 38.5 Å². The second kappa shape index (κ2) is 7.03. The fourth-order valence-corrected chi connectivity index (χ4v) is 3.95. The second-order valence-corrected chi connectivity index (χ2v) is 8.07. The fourth-order valence-electron chi connectivity index (χ4n) is 2.51. The van der Waals surface area contributed by atoms with Gasteiger partial charge in [0, 0.05) is 36.4 Å². The highest BCUT2D eigenvalue weighted by molar-refractivity contribution is 7.89. The lowest BCUT2D eigenvalue weighted by molar-refractivity contribution is 0.464. The third kappa shape index (κ3) is 3.76. The highest BCUT2D eigenvalue weighted by Crippen LogP contribution is 2.22. The number of benzene rings is 1. The summed E-state index contributed by atoms with van der Waals surface area (Å²) in [6, 6.07) is 6.31. The van der Waals surface area contributed by atoms with Crippen molar-refractivity contribution in [2.24, 2.45) is 0 Å². The van der Waals surface area contributed by atoms with E-state index >= 15 is 0 Å². The molecule has 0 N–H and O–H groups in total. The Morgan fingerprint density at radius 3 is 2.61 bits per heavy atom. The van der Waals surface area contributed by atoms with Crippen molar-refractivity contribution < 1.29 is 8.42 Å². The second-order valence-electron chi connectivity index (χ2n) is 5.59. The Morgan fingerprint density at radius 1 is 1.30 bits per heavy atom. The van der Waals surface area contributed by atoms with E-state index in [0.717, 1.165) is 29.9 Å². The van der Waals surface area contributed by atoms with Gasteiger partial charge in [0.15, 0.2) is 0 Å². The number of sulfonamides is 1. The molecular formula is C16H22ClN3O2S. The van der Waals surface area contributed by atoms with E-state index in [1.807, 2.05) is 18.5 Å². The maximum Gasteiger partial charge on any atom is 0.243 e. The molecule has 0 unspecified atom stereocenters. The van der Waals surface area contributed by atoms with Crippen molar-refractivity contribution in [1.29, 1.82) is 0 Å². The summed E-state index contributed by atoms with van der Waals surface area (Å²) in [7, 11) is -2.01. The molecule has 0 radical (unpaired) electrons. The normalized spacial score (nSPS) is 12.1. The molecule has 1 aromatic heterocycles. The van der Waals surface area contributed by atoms with E-state index in [-0.39, 0.29) is 11.4 Å². The van der Waals surface area contributed by atoms with Crippen LogP contribution in [0.15, 0.2) is 29.2 Å². The highest BCUT2D eigenvalue weighted by Gasteiger charge is 2.23. The summed E-state index contributed by atoms with van der Waals surface area (Å²) in [5.41, 5.74) is 2.83. The molecule has 0 aliphatic heterocycles. The summed E-state index contributed by atoms with van der Waals surface area (Å²) < 4.78 is 28.6. The van der Waals surface area contributed by atoms with Gasteiger partial charge in [-0.25, -0.2) is 8.42 Å². The van der Waals surface area contributed by atoms with Crippen LogP contribution >= 0.6 is 11.6 Å². The summed E-state index contributed by atoms with van der Waals surface area (Å²) in [6.45, 7) is 7.10. The van der Waals surface area contributed by atoms with Crippen molar-refractivity contribution in [1.82, 2.24) is 14.1 Å². The summed E-state index contributed by atoms with van der Waals surface area (Å²) in [6.07, 6.45) is 0.984. The molecule has 5 nitrogen and oxygen atoms in total. The van der Waals surface area contributed by atoms with E-state index < -0.39 is 10.0 Å². The minimum absolute atomic E-state index is 0.198. The van der Waals surface area contributed by atoms with Crippen LogP contribution in [0.2, 0.25) is 5.02 Å². The van der Waals surface area contributed by atoms with Crippen molar-refractivity contribution in [2.75, 3.05) is 7.05 Å². The molecule has 0 fully saturated rings. The predicted molar refractivity (Wildman–Crippen MR) is 92.1 cm³/mol. The van der Waals surface area contributed by atoms with E-state index in [0.29, 0.717) is 5.02 Å². The molecule has 2 aromatic rings. The Bertz CT molecular complexity index is 800. The van der Waals surface area contributed by atoms with Crippen LogP contribution in [-0.2, 0) is 23.1 Å². The monoisotopic (exact) mass is 355 g/mol. The van der Waals surface area contributed by atoms with Gasteiger partial charge in [0.25, 0.3) is 0 Å². The van der Waals surface area contributed by atoms with Crippen molar-refractivity contribution in [3.05, 3.63) is 46.2 Å². The molecule has 1 aromatic carbocycles. The summed E-state index contributed by atoms with van der Waals surface area (Å²) in [5, 5.41) is 4.90. The number of aryl methyl sites for hydroxylation is 2. The van der Waals surface area contributed by atoms with Crippen LogP contribution in [0.5, 0.6) is 0 Å². The maximum absolute atomic E-state index is 12.7. The van der Waals surface area contributed by atoms with Crippen molar-refractivity contribution in [3.63, 3.8) is 0 Å². The van der Waals surface area contributed by atoms with Crippen molar-refractivity contribution in [2.45, 2.75) is 45.2 Å². The molecule has 0 spiro atoms. The average Bonchev–Trinajstić information content (AvgIpc) is 2.75. The average molecular weight is 356 g/mol. The third-order valence-corrected chi connectivity index (χ3v) is 5.89. The molecule has 126 valence electrons. The molecule has 7 heteroatoms. The van der Waals surface area contributed by atoms with Crippen LogP contribution in [0.25, 0.3) is 0 Å². The standard InChI is InChI=1S/C16H22ClN3O2S/c1-5-9-20-13(3)16(12(2)18-20)11-19(4)23(21,22)15-8-6-7-14(17)10-15/h6-8,10H,5,9,11H2,1-4H3. The van der Waals surface area contributed by atoms with Gasteiger partial charge in [-0.1, -0.05) is 24.6 Å². The molecule has 2 rings (SSSR count). The summed E-state index contributed by atoms with van der Waals surface area (Å²) in [4.78, 5) is 0.198. The zero-order valence-electron chi connectivity index (χ0n) is 13.9. The Kier molecular flexibility index (Phi) is 5.49. The number of hydrogen-bond acceptors (Lipinski definition) is 3. The molecular weight excluding hydrogens is 334 g/mol. The van der Waals surface area contributed by atoms with Crippen LogP contribution in [0.4, 0.5) is 0 Å². The third-order valence-electron chi connectivity index (χ3n) is 3.85. The molecule has 0 atom stereocenters. The Morgan fingerprint density at radius 2 is 2.00 bits per heavy atom. The number of halogens is 1. The topological polar surface area (TPSA) is 55.2 Å². The van der Waals surface area contributed by atoms with E-state index in [9.17, 15) is 8.42 Å².